The Balaban J connectivity index is 3.06. The number of carbonyl (C=O) groups excluding carboxylic acids is 1. The average molecular weight is 262 g/mol. The molecule has 1 aromatic heterocycles. The standard InChI is InChI=1S/C11H13ClFNO3/c1-6(2)5-17-10-9(13)8(11(15)16-3)7(12)4-14-10/h4,6H,5H2,1-3H3. The van der Waals surface area contributed by atoms with Crippen LogP contribution in [0.3, 0.4) is 0 Å². The van der Waals surface area contributed by atoms with Crippen molar-refractivity contribution in [1.29, 1.82) is 0 Å². The second-order valence-electron chi connectivity index (χ2n) is 3.80. The minimum atomic E-state index is -0.898. The van der Waals surface area contributed by atoms with Crippen LogP contribution in [0.25, 0.3) is 0 Å². The highest BCUT2D eigenvalue weighted by Crippen LogP contribution is 2.25. The topological polar surface area (TPSA) is 48.4 Å². The summed E-state index contributed by atoms with van der Waals surface area (Å²) in [5.41, 5.74) is -0.358. The number of carbonyl (C=O) groups is 1. The van der Waals surface area contributed by atoms with Gasteiger partial charge in [0.1, 0.15) is 5.56 Å². The summed E-state index contributed by atoms with van der Waals surface area (Å²) in [5, 5.41) is -0.105. The third-order valence-corrected chi connectivity index (χ3v) is 2.17. The molecule has 1 heterocycles. The Morgan fingerprint density at radius 3 is 2.76 bits per heavy atom. The Kier molecular flexibility index (Phi) is 4.69. The van der Waals surface area contributed by atoms with Crippen LogP contribution in [0, 0.1) is 11.7 Å². The number of aromatic nitrogens is 1. The van der Waals surface area contributed by atoms with Crippen molar-refractivity contribution in [2.24, 2.45) is 5.92 Å². The fourth-order valence-electron chi connectivity index (χ4n) is 1.08. The molecule has 1 aromatic rings. The molecule has 0 atom stereocenters. The molecule has 0 aliphatic carbocycles. The molecule has 4 nitrogen and oxygen atoms in total. The summed E-state index contributed by atoms with van der Waals surface area (Å²) in [7, 11) is 1.15. The lowest BCUT2D eigenvalue weighted by Crippen LogP contribution is -2.11. The van der Waals surface area contributed by atoms with E-state index >= 15 is 0 Å². The number of rotatable bonds is 4. The third kappa shape index (κ3) is 3.30. The van der Waals surface area contributed by atoms with Crippen LogP contribution in [0.1, 0.15) is 24.2 Å². The molecular formula is C11H13ClFNO3. The van der Waals surface area contributed by atoms with Crippen molar-refractivity contribution in [3.8, 4) is 5.88 Å². The molecule has 0 saturated carbocycles. The van der Waals surface area contributed by atoms with Crippen LogP contribution in [0.15, 0.2) is 6.20 Å². The zero-order valence-corrected chi connectivity index (χ0v) is 10.5. The fourth-order valence-corrected chi connectivity index (χ4v) is 1.29. The number of nitrogens with zero attached hydrogens (tertiary/aromatic N) is 1. The Bertz CT molecular complexity index is 423. The van der Waals surface area contributed by atoms with Crippen LogP contribution in [0.2, 0.25) is 5.02 Å². The maximum Gasteiger partial charge on any atom is 0.342 e. The van der Waals surface area contributed by atoms with E-state index in [2.05, 4.69) is 9.72 Å². The van der Waals surface area contributed by atoms with E-state index in [0.29, 0.717) is 6.61 Å². The van der Waals surface area contributed by atoms with Crippen molar-refractivity contribution in [3.63, 3.8) is 0 Å². The van der Waals surface area contributed by atoms with Crippen LogP contribution in [-0.4, -0.2) is 24.7 Å². The van der Waals surface area contributed by atoms with Crippen molar-refractivity contribution in [1.82, 2.24) is 4.98 Å². The Morgan fingerprint density at radius 2 is 2.24 bits per heavy atom. The first-order valence-electron chi connectivity index (χ1n) is 5.02. The van der Waals surface area contributed by atoms with Crippen LogP contribution >= 0.6 is 11.6 Å². The molecule has 6 heteroatoms. The minimum Gasteiger partial charge on any atom is -0.475 e. The molecule has 1 rings (SSSR count). The van der Waals surface area contributed by atoms with Crippen molar-refractivity contribution >= 4 is 17.6 Å². The quantitative estimate of drug-likeness (QED) is 0.782. The molecule has 94 valence electrons. The molecule has 17 heavy (non-hydrogen) atoms. The monoisotopic (exact) mass is 261 g/mol. The Hall–Kier alpha value is -1.36. The Labute approximate surface area is 104 Å². The molecule has 0 saturated heterocycles. The highest BCUT2D eigenvalue weighted by atomic mass is 35.5. The van der Waals surface area contributed by atoms with Gasteiger partial charge in [-0.1, -0.05) is 25.4 Å². The van der Waals surface area contributed by atoms with Crippen molar-refractivity contribution < 1.29 is 18.7 Å². The maximum atomic E-state index is 13.8. The van der Waals surface area contributed by atoms with Crippen LogP contribution < -0.4 is 4.74 Å². The lowest BCUT2D eigenvalue weighted by molar-refractivity contribution is 0.0594. The number of pyridine rings is 1. The van der Waals surface area contributed by atoms with Gasteiger partial charge in [0.2, 0.25) is 5.82 Å². The normalized spacial score (nSPS) is 10.5. The predicted octanol–water partition coefficient (Wildman–Crippen LogP) is 2.70. The highest BCUT2D eigenvalue weighted by molar-refractivity contribution is 6.33. The van der Waals surface area contributed by atoms with Crippen molar-refractivity contribution in [3.05, 3.63) is 22.6 Å². The van der Waals surface area contributed by atoms with Gasteiger partial charge in [-0.05, 0) is 5.92 Å². The molecule has 0 fully saturated rings. The van der Waals surface area contributed by atoms with Gasteiger partial charge in [0.15, 0.2) is 0 Å². The van der Waals surface area contributed by atoms with E-state index in [1.54, 1.807) is 0 Å². The number of hydrogen-bond acceptors (Lipinski definition) is 4. The summed E-state index contributed by atoms with van der Waals surface area (Å²) >= 11 is 5.68. The molecule has 0 spiro atoms. The molecule has 0 aliphatic rings. The summed E-state index contributed by atoms with van der Waals surface area (Å²) in [6, 6.07) is 0. The van der Waals surface area contributed by atoms with Gasteiger partial charge in [0.05, 0.1) is 24.9 Å². The third-order valence-electron chi connectivity index (χ3n) is 1.88. The molecule has 0 unspecified atom stereocenters. The van der Waals surface area contributed by atoms with Gasteiger partial charge >= 0.3 is 5.97 Å². The van der Waals surface area contributed by atoms with E-state index in [1.807, 2.05) is 13.8 Å². The summed E-state index contributed by atoms with van der Waals surface area (Å²) < 4.78 is 23.4. The smallest absolute Gasteiger partial charge is 0.342 e. The summed E-state index contributed by atoms with van der Waals surface area (Å²) in [5.74, 6) is -1.79. The summed E-state index contributed by atoms with van der Waals surface area (Å²) in [4.78, 5) is 15.0. The number of esters is 1. The van der Waals surface area contributed by atoms with E-state index in [9.17, 15) is 9.18 Å². The SMILES string of the molecule is COC(=O)c1c(Cl)cnc(OCC(C)C)c1F. The molecule has 0 aliphatic heterocycles. The number of ether oxygens (including phenoxy) is 2. The number of methoxy groups -OCH3 is 1. The van der Waals surface area contributed by atoms with E-state index in [4.69, 9.17) is 16.3 Å². The largest absolute Gasteiger partial charge is 0.475 e. The zero-order valence-electron chi connectivity index (χ0n) is 9.79. The first kappa shape index (κ1) is 13.7. The molecule has 0 aromatic carbocycles. The van der Waals surface area contributed by atoms with Crippen molar-refractivity contribution in [2.75, 3.05) is 13.7 Å². The lowest BCUT2D eigenvalue weighted by Gasteiger charge is -2.10. The first-order chi connectivity index (χ1) is 7.97. The highest BCUT2D eigenvalue weighted by Gasteiger charge is 2.22. The summed E-state index contributed by atoms with van der Waals surface area (Å²) in [6.07, 6.45) is 1.16. The average Bonchev–Trinajstić information content (AvgIpc) is 2.27. The number of hydrogen-bond donors (Lipinski definition) is 0. The van der Waals surface area contributed by atoms with E-state index in [-0.39, 0.29) is 22.4 Å². The van der Waals surface area contributed by atoms with Crippen LogP contribution in [0.4, 0.5) is 4.39 Å². The molecule has 0 bridgehead atoms. The van der Waals surface area contributed by atoms with Gasteiger partial charge in [-0.25, -0.2) is 9.78 Å². The van der Waals surface area contributed by atoms with Gasteiger partial charge in [-0.2, -0.15) is 4.39 Å². The Morgan fingerprint density at radius 1 is 1.59 bits per heavy atom. The lowest BCUT2D eigenvalue weighted by atomic mass is 10.2. The molecule has 0 radical (unpaired) electrons. The van der Waals surface area contributed by atoms with E-state index < -0.39 is 11.8 Å². The number of halogens is 2. The van der Waals surface area contributed by atoms with Crippen molar-refractivity contribution in [2.45, 2.75) is 13.8 Å². The van der Waals surface area contributed by atoms with Gasteiger partial charge in [-0.3, -0.25) is 0 Å². The molecule has 0 amide bonds. The molecular weight excluding hydrogens is 249 g/mol. The van der Waals surface area contributed by atoms with Gasteiger partial charge in [0.25, 0.3) is 5.88 Å². The maximum absolute atomic E-state index is 13.8. The van der Waals surface area contributed by atoms with Gasteiger partial charge in [-0.15, -0.1) is 0 Å². The van der Waals surface area contributed by atoms with Crippen LogP contribution in [0.5, 0.6) is 5.88 Å². The van der Waals surface area contributed by atoms with Gasteiger partial charge in [0, 0.05) is 0 Å². The first-order valence-corrected chi connectivity index (χ1v) is 5.40. The van der Waals surface area contributed by atoms with E-state index in [1.165, 1.54) is 0 Å². The predicted molar refractivity (Wildman–Crippen MR) is 60.9 cm³/mol. The second-order valence-corrected chi connectivity index (χ2v) is 4.20. The minimum absolute atomic E-state index is 0.105. The fraction of sp³-hybridized carbons (Fsp3) is 0.455. The molecule has 0 N–H and O–H groups in total. The zero-order chi connectivity index (χ0) is 13.0. The second kappa shape index (κ2) is 5.82. The van der Waals surface area contributed by atoms with Gasteiger partial charge < -0.3 is 9.47 Å². The van der Waals surface area contributed by atoms with Crippen LogP contribution in [-0.2, 0) is 4.74 Å². The summed E-state index contributed by atoms with van der Waals surface area (Å²) in [6.45, 7) is 4.12. The van der Waals surface area contributed by atoms with E-state index in [0.717, 1.165) is 13.3 Å².